The van der Waals surface area contributed by atoms with Gasteiger partial charge in [0, 0.05) is 10.4 Å². The monoisotopic (exact) mass is 193 g/mol. The lowest BCUT2D eigenvalue weighted by atomic mass is 10.2. The minimum atomic E-state index is 0.477. The van der Waals surface area contributed by atoms with Gasteiger partial charge in [-0.15, -0.1) is 0 Å². The molecule has 1 aromatic heterocycles. The molecule has 0 bridgehead atoms. The van der Waals surface area contributed by atoms with Gasteiger partial charge in [0.1, 0.15) is 11.6 Å². The normalized spacial score (nSPS) is 10.6. The number of aromatic nitrogens is 2. The molecule has 2 N–H and O–H groups in total. The Hall–Kier alpha value is -1.35. The fourth-order valence-electron chi connectivity index (χ4n) is 1.24. The van der Waals surface area contributed by atoms with Gasteiger partial charge in [-0.05, 0) is 25.1 Å². The van der Waals surface area contributed by atoms with Crippen LogP contribution >= 0.6 is 11.6 Å². The molecule has 66 valence electrons. The van der Waals surface area contributed by atoms with Gasteiger partial charge in [0.05, 0.1) is 5.52 Å². The van der Waals surface area contributed by atoms with Crippen molar-refractivity contribution >= 4 is 28.3 Å². The van der Waals surface area contributed by atoms with Crippen LogP contribution in [0.3, 0.4) is 0 Å². The zero-order chi connectivity index (χ0) is 9.42. The van der Waals surface area contributed by atoms with E-state index in [1.54, 1.807) is 12.1 Å². The van der Waals surface area contributed by atoms with Gasteiger partial charge in [-0.2, -0.15) is 0 Å². The van der Waals surface area contributed by atoms with Crippen LogP contribution in [-0.2, 0) is 0 Å². The van der Waals surface area contributed by atoms with E-state index in [9.17, 15) is 0 Å². The maximum atomic E-state index is 5.82. The minimum absolute atomic E-state index is 0.477. The molecule has 0 atom stereocenters. The van der Waals surface area contributed by atoms with Gasteiger partial charge in [-0.3, -0.25) is 0 Å². The lowest BCUT2D eigenvalue weighted by Crippen LogP contribution is -1.96. The van der Waals surface area contributed by atoms with Crippen molar-refractivity contribution in [1.29, 1.82) is 0 Å². The van der Waals surface area contributed by atoms with Crippen LogP contribution in [0.1, 0.15) is 5.82 Å². The third-order valence-corrected chi connectivity index (χ3v) is 2.03. The number of nitrogens with zero attached hydrogens (tertiary/aromatic N) is 2. The molecule has 0 amide bonds. The van der Waals surface area contributed by atoms with E-state index in [0.29, 0.717) is 16.7 Å². The van der Waals surface area contributed by atoms with Crippen molar-refractivity contribution in [2.24, 2.45) is 0 Å². The summed E-state index contributed by atoms with van der Waals surface area (Å²) in [6.07, 6.45) is 0. The lowest BCUT2D eigenvalue weighted by Gasteiger charge is -2.01. The molecule has 0 aliphatic rings. The fraction of sp³-hybridized carbons (Fsp3) is 0.111. The highest BCUT2D eigenvalue weighted by atomic mass is 35.5. The van der Waals surface area contributed by atoms with Crippen molar-refractivity contribution < 1.29 is 0 Å². The second kappa shape index (κ2) is 2.85. The Morgan fingerprint density at radius 2 is 2.08 bits per heavy atom. The second-order valence-electron chi connectivity index (χ2n) is 2.82. The van der Waals surface area contributed by atoms with Crippen LogP contribution in [0.4, 0.5) is 5.82 Å². The summed E-state index contributed by atoms with van der Waals surface area (Å²) in [5, 5.41) is 1.45. The molecule has 0 aliphatic carbocycles. The van der Waals surface area contributed by atoms with Gasteiger partial charge in [-0.25, -0.2) is 9.97 Å². The number of nitrogen functional groups attached to an aromatic ring is 1. The van der Waals surface area contributed by atoms with Crippen LogP contribution < -0.4 is 5.73 Å². The van der Waals surface area contributed by atoms with Crippen molar-refractivity contribution in [3.63, 3.8) is 0 Å². The summed E-state index contributed by atoms with van der Waals surface area (Å²) >= 11 is 5.82. The van der Waals surface area contributed by atoms with E-state index in [4.69, 9.17) is 17.3 Å². The van der Waals surface area contributed by atoms with Crippen molar-refractivity contribution in [3.05, 3.63) is 29.0 Å². The standard InChI is InChI=1S/C9H8ClN3/c1-5-12-8-3-2-6(10)4-7(8)9(11)13-5/h2-4H,1H3,(H2,11,12,13). The summed E-state index contributed by atoms with van der Waals surface area (Å²) in [5.41, 5.74) is 6.54. The summed E-state index contributed by atoms with van der Waals surface area (Å²) in [7, 11) is 0. The van der Waals surface area contributed by atoms with Gasteiger partial charge < -0.3 is 5.73 Å². The molecule has 2 rings (SSSR count). The zero-order valence-corrected chi connectivity index (χ0v) is 7.84. The number of fused-ring (bicyclic) bond motifs is 1. The van der Waals surface area contributed by atoms with Crippen LogP contribution in [-0.4, -0.2) is 9.97 Å². The molecule has 1 aromatic carbocycles. The van der Waals surface area contributed by atoms with E-state index in [2.05, 4.69) is 9.97 Å². The minimum Gasteiger partial charge on any atom is -0.383 e. The summed E-state index contributed by atoms with van der Waals surface area (Å²) in [4.78, 5) is 8.28. The third-order valence-electron chi connectivity index (χ3n) is 1.80. The van der Waals surface area contributed by atoms with Gasteiger partial charge in [0.15, 0.2) is 0 Å². The average Bonchev–Trinajstić information content (AvgIpc) is 2.06. The molecule has 1 heterocycles. The summed E-state index contributed by atoms with van der Waals surface area (Å²) in [6.45, 7) is 1.81. The second-order valence-corrected chi connectivity index (χ2v) is 3.25. The van der Waals surface area contributed by atoms with E-state index in [-0.39, 0.29) is 0 Å². The summed E-state index contributed by atoms with van der Waals surface area (Å²) < 4.78 is 0. The molecular formula is C9H8ClN3. The first-order chi connectivity index (χ1) is 6.16. The number of halogens is 1. The molecule has 0 spiro atoms. The number of hydrogen-bond acceptors (Lipinski definition) is 3. The number of aryl methyl sites for hydroxylation is 1. The maximum absolute atomic E-state index is 5.82. The third kappa shape index (κ3) is 1.42. The van der Waals surface area contributed by atoms with Crippen molar-refractivity contribution in [2.45, 2.75) is 6.92 Å². The van der Waals surface area contributed by atoms with E-state index >= 15 is 0 Å². The highest BCUT2D eigenvalue weighted by Crippen LogP contribution is 2.21. The average molecular weight is 194 g/mol. The predicted octanol–water partition coefficient (Wildman–Crippen LogP) is 2.17. The Morgan fingerprint density at radius 1 is 1.31 bits per heavy atom. The molecule has 0 aliphatic heterocycles. The topological polar surface area (TPSA) is 51.8 Å². The molecular weight excluding hydrogens is 186 g/mol. The Morgan fingerprint density at radius 3 is 2.85 bits per heavy atom. The zero-order valence-electron chi connectivity index (χ0n) is 7.08. The molecule has 0 saturated heterocycles. The first kappa shape index (κ1) is 8.26. The largest absolute Gasteiger partial charge is 0.383 e. The van der Waals surface area contributed by atoms with Crippen LogP contribution in [0.25, 0.3) is 10.9 Å². The number of benzene rings is 1. The van der Waals surface area contributed by atoms with Crippen LogP contribution in [0.15, 0.2) is 18.2 Å². The van der Waals surface area contributed by atoms with E-state index in [1.165, 1.54) is 0 Å². The van der Waals surface area contributed by atoms with Crippen molar-refractivity contribution in [2.75, 3.05) is 5.73 Å². The van der Waals surface area contributed by atoms with Crippen LogP contribution in [0.2, 0.25) is 5.02 Å². The van der Waals surface area contributed by atoms with E-state index in [1.807, 2.05) is 13.0 Å². The molecule has 0 unspecified atom stereocenters. The quantitative estimate of drug-likeness (QED) is 0.698. The van der Waals surface area contributed by atoms with Gasteiger partial charge >= 0.3 is 0 Å². The molecule has 0 saturated carbocycles. The fourth-order valence-corrected chi connectivity index (χ4v) is 1.42. The number of anilines is 1. The Bertz CT molecular complexity index is 468. The highest BCUT2D eigenvalue weighted by molar-refractivity contribution is 6.31. The van der Waals surface area contributed by atoms with Crippen LogP contribution in [0.5, 0.6) is 0 Å². The molecule has 13 heavy (non-hydrogen) atoms. The maximum Gasteiger partial charge on any atom is 0.135 e. The number of hydrogen-bond donors (Lipinski definition) is 1. The first-order valence-corrected chi connectivity index (χ1v) is 4.24. The Kier molecular flexibility index (Phi) is 1.81. The number of nitrogens with two attached hydrogens (primary N) is 1. The van der Waals surface area contributed by atoms with E-state index in [0.717, 1.165) is 10.9 Å². The van der Waals surface area contributed by atoms with Crippen LogP contribution in [0, 0.1) is 6.92 Å². The van der Waals surface area contributed by atoms with Crippen molar-refractivity contribution in [3.8, 4) is 0 Å². The Balaban J connectivity index is 2.87. The summed E-state index contributed by atoms with van der Waals surface area (Å²) in [5.74, 6) is 1.15. The van der Waals surface area contributed by atoms with Crippen molar-refractivity contribution in [1.82, 2.24) is 9.97 Å². The molecule has 0 radical (unpaired) electrons. The highest BCUT2D eigenvalue weighted by Gasteiger charge is 2.02. The number of rotatable bonds is 0. The lowest BCUT2D eigenvalue weighted by molar-refractivity contribution is 1.10. The SMILES string of the molecule is Cc1nc(N)c2cc(Cl)ccc2n1. The van der Waals surface area contributed by atoms with Gasteiger partial charge in [0.25, 0.3) is 0 Å². The molecule has 0 fully saturated rings. The van der Waals surface area contributed by atoms with Gasteiger partial charge in [0.2, 0.25) is 0 Å². The molecule has 4 heteroatoms. The Labute approximate surface area is 80.6 Å². The first-order valence-electron chi connectivity index (χ1n) is 3.86. The predicted molar refractivity (Wildman–Crippen MR) is 53.7 cm³/mol. The van der Waals surface area contributed by atoms with Gasteiger partial charge in [-0.1, -0.05) is 11.6 Å². The van der Waals surface area contributed by atoms with E-state index < -0.39 is 0 Å². The molecule has 3 nitrogen and oxygen atoms in total. The molecule has 2 aromatic rings. The smallest absolute Gasteiger partial charge is 0.135 e. The summed E-state index contributed by atoms with van der Waals surface area (Å²) in [6, 6.07) is 5.39.